The van der Waals surface area contributed by atoms with Crippen LogP contribution in [0.5, 0.6) is 0 Å². The van der Waals surface area contributed by atoms with Crippen LogP contribution in [0, 0.1) is 0 Å². The fraction of sp³-hybridized carbons (Fsp3) is 0.714. The highest BCUT2D eigenvalue weighted by molar-refractivity contribution is 7.98. The average Bonchev–Trinajstić information content (AvgIpc) is 2.30. The zero-order valence-corrected chi connectivity index (χ0v) is 8.80. The van der Waals surface area contributed by atoms with Crippen LogP contribution in [0.15, 0.2) is 0 Å². The van der Waals surface area contributed by atoms with Gasteiger partial charge in [0.2, 0.25) is 0 Å². The Kier molecular flexibility index (Phi) is 3.34. The molecule has 3 nitrogen and oxygen atoms in total. The van der Waals surface area contributed by atoms with E-state index < -0.39 is 0 Å². The number of hydrogen-bond donors (Lipinski definition) is 1. The van der Waals surface area contributed by atoms with Crippen LogP contribution in [0.4, 0.5) is 0 Å². The molecule has 0 aromatic heterocycles. The molecule has 0 aromatic carbocycles. The second-order valence-electron chi connectivity index (χ2n) is 2.68. The highest BCUT2D eigenvalue weighted by Gasteiger charge is 2.31. The molecule has 1 fully saturated rings. The summed E-state index contributed by atoms with van der Waals surface area (Å²) in [4.78, 5) is 12.9. The summed E-state index contributed by atoms with van der Waals surface area (Å²) in [6.07, 6.45) is 2.88. The van der Waals surface area contributed by atoms with Gasteiger partial charge in [-0.05, 0) is 30.6 Å². The smallest absolute Gasteiger partial charge is 0.251 e. The molecular formula is C7H12N2OS2. The minimum atomic E-state index is -0.0880. The summed E-state index contributed by atoms with van der Waals surface area (Å²) in [6, 6.07) is -0.0880. The molecule has 1 heterocycles. The highest BCUT2D eigenvalue weighted by atomic mass is 32.2. The van der Waals surface area contributed by atoms with Crippen molar-refractivity contribution in [1.29, 1.82) is 0 Å². The Hall–Kier alpha value is -0.290. The van der Waals surface area contributed by atoms with E-state index in [1.54, 1.807) is 18.8 Å². The van der Waals surface area contributed by atoms with Crippen molar-refractivity contribution >= 4 is 35.0 Å². The summed E-state index contributed by atoms with van der Waals surface area (Å²) in [6.45, 7) is 0. The molecule has 0 aliphatic carbocycles. The lowest BCUT2D eigenvalue weighted by Gasteiger charge is -2.06. The maximum atomic E-state index is 11.4. The van der Waals surface area contributed by atoms with Gasteiger partial charge < -0.3 is 5.32 Å². The SMILES string of the molecule is CSCC[C@@H]1NC(=S)N(C)C1=O. The van der Waals surface area contributed by atoms with Crippen molar-refractivity contribution < 1.29 is 4.79 Å². The average molecular weight is 204 g/mol. The second kappa shape index (κ2) is 4.09. The molecule has 0 saturated carbocycles. The number of hydrogen-bond acceptors (Lipinski definition) is 3. The molecule has 1 rings (SSSR count). The molecule has 1 N–H and O–H groups in total. The summed E-state index contributed by atoms with van der Waals surface area (Å²) in [5, 5.41) is 3.53. The van der Waals surface area contributed by atoms with E-state index in [1.807, 2.05) is 6.26 Å². The van der Waals surface area contributed by atoms with Gasteiger partial charge in [-0.25, -0.2) is 0 Å². The van der Waals surface area contributed by atoms with Crippen LogP contribution in [0.3, 0.4) is 0 Å². The minimum absolute atomic E-state index is 0.0880. The monoisotopic (exact) mass is 204 g/mol. The normalized spacial score (nSPS) is 23.2. The number of thioether (sulfide) groups is 1. The van der Waals surface area contributed by atoms with Gasteiger partial charge in [0, 0.05) is 7.05 Å². The third-order valence-electron chi connectivity index (χ3n) is 1.84. The molecule has 1 aliphatic rings. The highest BCUT2D eigenvalue weighted by Crippen LogP contribution is 2.09. The molecule has 1 aliphatic heterocycles. The predicted octanol–water partition coefficient (Wildman–Crippen LogP) is 0.455. The summed E-state index contributed by atoms with van der Waals surface area (Å²) in [5.74, 6) is 1.08. The van der Waals surface area contributed by atoms with Gasteiger partial charge in [0.15, 0.2) is 5.11 Å². The number of thiocarbonyl (C=S) groups is 1. The molecule has 12 heavy (non-hydrogen) atoms. The number of nitrogens with one attached hydrogen (secondary N) is 1. The Labute approximate surface area is 81.9 Å². The first-order valence-corrected chi connectivity index (χ1v) is 5.54. The van der Waals surface area contributed by atoms with E-state index in [1.165, 1.54) is 4.90 Å². The molecule has 1 atom stereocenters. The van der Waals surface area contributed by atoms with Crippen LogP contribution in [0.2, 0.25) is 0 Å². The first kappa shape index (κ1) is 9.80. The Bertz CT molecular complexity index is 208. The molecule has 1 amide bonds. The number of carbonyl (C=O) groups excluding carboxylic acids is 1. The van der Waals surface area contributed by atoms with Gasteiger partial charge in [-0.3, -0.25) is 9.69 Å². The maximum Gasteiger partial charge on any atom is 0.251 e. The zero-order valence-electron chi connectivity index (χ0n) is 7.16. The van der Waals surface area contributed by atoms with Crippen molar-refractivity contribution in [1.82, 2.24) is 10.2 Å². The van der Waals surface area contributed by atoms with Crippen molar-refractivity contribution in [3.05, 3.63) is 0 Å². The van der Waals surface area contributed by atoms with Crippen molar-refractivity contribution in [2.24, 2.45) is 0 Å². The van der Waals surface area contributed by atoms with Crippen LogP contribution in [0.1, 0.15) is 6.42 Å². The molecule has 5 heteroatoms. The fourth-order valence-corrected chi connectivity index (χ4v) is 1.78. The van der Waals surface area contributed by atoms with Crippen molar-refractivity contribution in [3.63, 3.8) is 0 Å². The van der Waals surface area contributed by atoms with Gasteiger partial charge >= 0.3 is 0 Å². The summed E-state index contributed by atoms with van der Waals surface area (Å²) in [5.41, 5.74) is 0. The number of likely N-dealkylation sites (N-methyl/N-ethyl adjacent to an activating group) is 1. The van der Waals surface area contributed by atoms with Crippen LogP contribution < -0.4 is 5.32 Å². The lowest BCUT2D eigenvalue weighted by molar-refractivity contribution is -0.126. The van der Waals surface area contributed by atoms with Gasteiger partial charge in [-0.2, -0.15) is 11.8 Å². The second-order valence-corrected chi connectivity index (χ2v) is 4.05. The molecule has 68 valence electrons. The Morgan fingerprint density at radius 1 is 1.75 bits per heavy atom. The van der Waals surface area contributed by atoms with E-state index in [9.17, 15) is 4.79 Å². The summed E-state index contributed by atoms with van der Waals surface area (Å²) in [7, 11) is 1.71. The van der Waals surface area contributed by atoms with Crippen LogP contribution in [-0.2, 0) is 4.79 Å². The van der Waals surface area contributed by atoms with E-state index in [-0.39, 0.29) is 11.9 Å². The van der Waals surface area contributed by atoms with E-state index in [0.717, 1.165) is 12.2 Å². The molecular weight excluding hydrogens is 192 g/mol. The fourth-order valence-electron chi connectivity index (χ4n) is 1.07. The summed E-state index contributed by atoms with van der Waals surface area (Å²) >= 11 is 6.67. The van der Waals surface area contributed by atoms with E-state index in [2.05, 4.69) is 5.32 Å². The first-order chi connectivity index (χ1) is 5.66. The number of carbonyl (C=O) groups is 1. The van der Waals surface area contributed by atoms with Crippen molar-refractivity contribution in [3.8, 4) is 0 Å². The lowest BCUT2D eigenvalue weighted by Crippen LogP contribution is -2.29. The number of nitrogens with zero attached hydrogens (tertiary/aromatic N) is 1. The predicted molar refractivity (Wildman–Crippen MR) is 55.3 cm³/mol. The topological polar surface area (TPSA) is 32.3 Å². The van der Waals surface area contributed by atoms with Crippen LogP contribution in [-0.4, -0.2) is 41.0 Å². The van der Waals surface area contributed by atoms with E-state index >= 15 is 0 Å². The van der Waals surface area contributed by atoms with E-state index in [4.69, 9.17) is 12.2 Å². The van der Waals surface area contributed by atoms with Gasteiger partial charge in [0.05, 0.1) is 0 Å². The number of amides is 1. The zero-order chi connectivity index (χ0) is 9.14. The van der Waals surface area contributed by atoms with E-state index in [0.29, 0.717) is 5.11 Å². The molecule has 0 radical (unpaired) electrons. The Morgan fingerprint density at radius 2 is 2.42 bits per heavy atom. The standard InChI is InChI=1S/C7H12N2OS2/c1-9-6(10)5(3-4-12-2)8-7(9)11/h5H,3-4H2,1-2H3,(H,8,11)/t5-/m0/s1. The van der Waals surface area contributed by atoms with Crippen LogP contribution >= 0.6 is 24.0 Å². The largest absolute Gasteiger partial charge is 0.350 e. The van der Waals surface area contributed by atoms with Crippen molar-refractivity contribution in [2.75, 3.05) is 19.1 Å². The quantitative estimate of drug-likeness (QED) is 0.677. The molecule has 0 spiro atoms. The Balaban J connectivity index is 2.47. The molecule has 0 bridgehead atoms. The Morgan fingerprint density at radius 3 is 2.83 bits per heavy atom. The molecule has 0 unspecified atom stereocenters. The molecule has 1 saturated heterocycles. The third kappa shape index (κ3) is 1.90. The molecule has 0 aromatic rings. The van der Waals surface area contributed by atoms with Crippen LogP contribution in [0.25, 0.3) is 0 Å². The van der Waals surface area contributed by atoms with Gasteiger partial charge in [0.25, 0.3) is 5.91 Å². The van der Waals surface area contributed by atoms with Crippen molar-refractivity contribution in [2.45, 2.75) is 12.5 Å². The summed E-state index contributed by atoms with van der Waals surface area (Å²) < 4.78 is 0. The third-order valence-corrected chi connectivity index (χ3v) is 2.88. The number of rotatable bonds is 3. The first-order valence-electron chi connectivity index (χ1n) is 3.74. The van der Waals surface area contributed by atoms with Gasteiger partial charge in [0.1, 0.15) is 6.04 Å². The van der Waals surface area contributed by atoms with Gasteiger partial charge in [-0.1, -0.05) is 0 Å². The minimum Gasteiger partial charge on any atom is -0.350 e. The lowest BCUT2D eigenvalue weighted by atomic mass is 10.2. The maximum absolute atomic E-state index is 11.4. The van der Waals surface area contributed by atoms with Gasteiger partial charge in [-0.15, -0.1) is 0 Å².